The zero-order valence-electron chi connectivity index (χ0n) is 19.4. The van der Waals surface area contributed by atoms with Crippen molar-refractivity contribution < 1.29 is 9.13 Å². The summed E-state index contributed by atoms with van der Waals surface area (Å²) in [6.45, 7) is 11.4. The Labute approximate surface area is 193 Å². The van der Waals surface area contributed by atoms with Gasteiger partial charge < -0.3 is 14.6 Å². The van der Waals surface area contributed by atoms with Gasteiger partial charge in [0.2, 0.25) is 0 Å². The van der Waals surface area contributed by atoms with Crippen LogP contribution >= 0.6 is 0 Å². The van der Waals surface area contributed by atoms with Gasteiger partial charge >= 0.3 is 0 Å². The first kappa shape index (κ1) is 22.8. The predicted molar refractivity (Wildman–Crippen MR) is 129 cm³/mol. The molecular weight excluding hydrogens is 417 g/mol. The van der Waals surface area contributed by atoms with Crippen molar-refractivity contribution >= 4 is 21.9 Å². The van der Waals surface area contributed by atoms with Gasteiger partial charge in [-0.05, 0) is 45.1 Å². The maximum Gasteiger partial charge on any atom is 0.157 e. The van der Waals surface area contributed by atoms with Gasteiger partial charge in [0.25, 0.3) is 0 Å². The molecule has 0 aliphatic rings. The average Bonchev–Trinajstić information content (AvgIpc) is 3.20. The molecular formula is C26H28FN5O. The molecule has 0 fully saturated rings. The van der Waals surface area contributed by atoms with E-state index in [1.807, 2.05) is 32.0 Å². The van der Waals surface area contributed by atoms with Gasteiger partial charge in [-0.3, -0.25) is 9.97 Å². The van der Waals surface area contributed by atoms with Crippen LogP contribution in [0.25, 0.3) is 33.2 Å². The van der Waals surface area contributed by atoms with Crippen molar-refractivity contribution in [2.75, 3.05) is 26.2 Å². The summed E-state index contributed by atoms with van der Waals surface area (Å²) in [6, 6.07) is 5.72. The number of hydrogen-bond acceptors (Lipinski definition) is 5. The summed E-state index contributed by atoms with van der Waals surface area (Å²) >= 11 is 0. The second-order valence-corrected chi connectivity index (χ2v) is 8.32. The third kappa shape index (κ3) is 5.03. The number of rotatable bonds is 7. The van der Waals surface area contributed by atoms with E-state index in [9.17, 15) is 4.39 Å². The van der Waals surface area contributed by atoms with Crippen LogP contribution in [-0.4, -0.2) is 56.7 Å². The number of aromatic amines is 1. The lowest BCUT2D eigenvalue weighted by molar-refractivity contribution is 0.0151. The first-order chi connectivity index (χ1) is 15.9. The highest BCUT2D eigenvalue weighted by Crippen LogP contribution is 2.30. The van der Waals surface area contributed by atoms with Gasteiger partial charge in [-0.2, -0.15) is 0 Å². The van der Waals surface area contributed by atoms with Crippen molar-refractivity contribution in [3.05, 3.63) is 54.4 Å². The van der Waals surface area contributed by atoms with Gasteiger partial charge in [-0.15, -0.1) is 0 Å². The maximum absolute atomic E-state index is 14.9. The van der Waals surface area contributed by atoms with E-state index in [0.717, 1.165) is 41.8 Å². The maximum atomic E-state index is 14.9. The van der Waals surface area contributed by atoms with E-state index in [2.05, 4.69) is 50.5 Å². The molecule has 0 spiro atoms. The third-order valence-corrected chi connectivity index (χ3v) is 5.67. The molecule has 0 amide bonds. The molecule has 4 aromatic rings. The minimum atomic E-state index is -0.719. The second kappa shape index (κ2) is 9.65. The summed E-state index contributed by atoms with van der Waals surface area (Å²) in [5.41, 5.74) is 2.56. The van der Waals surface area contributed by atoms with Gasteiger partial charge in [-0.1, -0.05) is 25.7 Å². The largest absolute Gasteiger partial charge is 0.362 e. The molecule has 4 heterocycles. The fourth-order valence-corrected chi connectivity index (χ4v) is 3.75. The Morgan fingerprint density at radius 2 is 1.97 bits per heavy atom. The number of likely N-dealkylation sites (N-methyl/N-ethyl adjacent to an activating group) is 1. The SMILES string of the molecule is CCN(CC)CCOC(C)(C)C#Cc1c(F)cnc2[nH]c3cnc(-c4cccnc4)cc3c12. The number of halogens is 1. The van der Waals surface area contributed by atoms with Crippen LogP contribution in [0, 0.1) is 17.7 Å². The fourth-order valence-electron chi connectivity index (χ4n) is 3.75. The van der Waals surface area contributed by atoms with Crippen molar-refractivity contribution in [1.82, 2.24) is 24.8 Å². The molecule has 33 heavy (non-hydrogen) atoms. The topological polar surface area (TPSA) is 66.9 Å². The average molecular weight is 446 g/mol. The van der Waals surface area contributed by atoms with E-state index < -0.39 is 11.4 Å². The Balaban J connectivity index is 1.71. The fraction of sp³-hybridized carbons (Fsp3) is 0.346. The summed E-state index contributed by atoms with van der Waals surface area (Å²) in [4.78, 5) is 18.4. The van der Waals surface area contributed by atoms with Crippen molar-refractivity contribution in [2.24, 2.45) is 0 Å². The highest BCUT2D eigenvalue weighted by Gasteiger charge is 2.18. The van der Waals surface area contributed by atoms with Crippen molar-refractivity contribution in [3.63, 3.8) is 0 Å². The van der Waals surface area contributed by atoms with Crippen molar-refractivity contribution in [1.29, 1.82) is 0 Å². The van der Waals surface area contributed by atoms with Crippen LogP contribution in [-0.2, 0) is 4.74 Å². The molecule has 170 valence electrons. The van der Waals surface area contributed by atoms with Crippen LogP contribution < -0.4 is 0 Å². The number of fused-ring (bicyclic) bond motifs is 3. The number of H-pyrrole nitrogens is 1. The summed E-state index contributed by atoms with van der Waals surface area (Å²) in [5.74, 6) is 5.70. The normalized spacial score (nSPS) is 11.8. The highest BCUT2D eigenvalue weighted by molar-refractivity contribution is 6.09. The molecule has 0 aliphatic carbocycles. The number of nitrogens with zero attached hydrogens (tertiary/aromatic N) is 4. The first-order valence-electron chi connectivity index (χ1n) is 11.2. The molecule has 0 radical (unpaired) electrons. The molecule has 0 saturated carbocycles. The summed E-state index contributed by atoms with van der Waals surface area (Å²) in [7, 11) is 0. The zero-order valence-corrected chi connectivity index (χ0v) is 19.4. The molecule has 0 atom stereocenters. The van der Waals surface area contributed by atoms with Crippen LogP contribution in [0.2, 0.25) is 0 Å². The minimum absolute atomic E-state index is 0.301. The molecule has 0 aromatic carbocycles. The van der Waals surface area contributed by atoms with Gasteiger partial charge in [0, 0.05) is 35.3 Å². The Kier molecular flexibility index (Phi) is 6.68. The molecule has 4 rings (SSSR count). The summed E-state index contributed by atoms with van der Waals surface area (Å²) in [6.07, 6.45) is 6.40. The molecule has 0 bridgehead atoms. The van der Waals surface area contributed by atoms with Crippen molar-refractivity contribution in [3.8, 4) is 23.1 Å². The van der Waals surface area contributed by atoms with Crippen LogP contribution in [0.15, 0.2) is 43.0 Å². The molecule has 1 N–H and O–H groups in total. The first-order valence-corrected chi connectivity index (χ1v) is 11.2. The van der Waals surface area contributed by atoms with Gasteiger partial charge in [0.05, 0.1) is 35.8 Å². The number of hydrogen-bond donors (Lipinski definition) is 1. The lowest BCUT2D eigenvalue weighted by atomic mass is 10.1. The lowest BCUT2D eigenvalue weighted by Crippen LogP contribution is -2.31. The Hall–Kier alpha value is -3.34. The highest BCUT2D eigenvalue weighted by atomic mass is 19.1. The van der Waals surface area contributed by atoms with Crippen molar-refractivity contribution in [2.45, 2.75) is 33.3 Å². The smallest absolute Gasteiger partial charge is 0.157 e. The monoisotopic (exact) mass is 445 g/mol. The predicted octanol–water partition coefficient (Wildman–Crippen LogP) is 4.80. The van der Waals surface area contributed by atoms with Gasteiger partial charge in [0.15, 0.2) is 5.82 Å². The standard InChI is InChI=1S/C26H28FN5O/c1-5-32(6-2)12-13-33-26(3,4)10-9-19-21(27)16-30-25-24(19)20-14-22(29-17-23(20)31-25)18-8-7-11-28-15-18/h7-8,11,14-17H,5-6,12-13H2,1-4H3,(H,30,31). The minimum Gasteiger partial charge on any atom is -0.362 e. The Morgan fingerprint density at radius 3 is 2.70 bits per heavy atom. The number of ether oxygens (including phenoxy) is 1. The van der Waals surface area contributed by atoms with Crippen LogP contribution in [0.3, 0.4) is 0 Å². The van der Waals surface area contributed by atoms with E-state index in [0.29, 0.717) is 23.2 Å². The van der Waals surface area contributed by atoms with Crippen LogP contribution in [0.1, 0.15) is 33.3 Å². The summed E-state index contributed by atoms with van der Waals surface area (Å²) in [5, 5.41) is 1.46. The molecule has 7 heteroatoms. The van der Waals surface area contributed by atoms with Gasteiger partial charge in [0.1, 0.15) is 11.2 Å². The molecule has 0 aliphatic heterocycles. The quantitative estimate of drug-likeness (QED) is 0.414. The van der Waals surface area contributed by atoms with E-state index in [1.165, 1.54) is 6.20 Å². The Morgan fingerprint density at radius 1 is 1.15 bits per heavy atom. The molecule has 0 saturated heterocycles. The van der Waals surface area contributed by atoms with Crippen LogP contribution in [0.5, 0.6) is 0 Å². The van der Waals surface area contributed by atoms with E-state index >= 15 is 0 Å². The molecule has 6 nitrogen and oxygen atoms in total. The third-order valence-electron chi connectivity index (χ3n) is 5.67. The number of nitrogens with one attached hydrogen (secondary N) is 1. The lowest BCUT2D eigenvalue weighted by Gasteiger charge is -2.23. The summed E-state index contributed by atoms with van der Waals surface area (Å²) < 4.78 is 20.9. The van der Waals surface area contributed by atoms with E-state index in [1.54, 1.807) is 18.6 Å². The second-order valence-electron chi connectivity index (χ2n) is 8.32. The van der Waals surface area contributed by atoms with Crippen LogP contribution in [0.4, 0.5) is 4.39 Å². The zero-order chi connectivity index (χ0) is 23.4. The number of aromatic nitrogens is 4. The molecule has 4 aromatic heterocycles. The van der Waals surface area contributed by atoms with Gasteiger partial charge in [-0.25, -0.2) is 9.37 Å². The molecule has 0 unspecified atom stereocenters. The van der Waals surface area contributed by atoms with E-state index in [-0.39, 0.29) is 0 Å². The van der Waals surface area contributed by atoms with E-state index in [4.69, 9.17) is 4.74 Å². The number of pyridine rings is 3. The Bertz CT molecular complexity index is 1320.